The molecule has 1 saturated heterocycles. The Kier molecular flexibility index (Phi) is 6.02. The van der Waals surface area contributed by atoms with Crippen molar-refractivity contribution in [3.63, 3.8) is 0 Å². The zero-order valence-electron chi connectivity index (χ0n) is 12.2. The molecule has 1 aromatic rings. The summed E-state index contributed by atoms with van der Waals surface area (Å²) < 4.78 is 12.0. The lowest BCUT2D eigenvalue weighted by Crippen LogP contribution is -2.54. The van der Waals surface area contributed by atoms with Gasteiger partial charge in [0.05, 0.1) is 6.54 Å². The van der Waals surface area contributed by atoms with Crippen LogP contribution in [0.3, 0.4) is 0 Å². The lowest BCUT2D eigenvalue weighted by Gasteiger charge is -2.34. The summed E-state index contributed by atoms with van der Waals surface area (Å²) in [5, 5.41) is 6.13. The van der Waals surface area contributed by atoms with Gasteiger partial charge < -0.3 is 20.1 Å². The van der Waals surface area contributed by atoms with Crippen molar-refractivity contribution in [1.82, 2.24) is 10.6 Å². The zero-order chi connectivity index (χ0) is 15.1. The first-order valence-corrected chi connectivity index (χ1v) is 7.88. The molecule has 2 rings (SSSR count). The topological polar surface area (TPSA) is 59.6 Å². The van der Waals surface area contributed by atoms with Gasteiger partial charge in [0.1, 0.15) is 18.0 Å². The molecule has 1 aliphatic rings. The van der Waals surface area contributed by atoms with E-state index in [2.05, 4.69) is 26.6 Å². The average molecular weight is 357 g/mol. The maximum atomic E-state index is 12.3. The fourth-order valence-corrected chi connectivity index (χ4v) is 2.78. The summed E-state index contributed by atoms with van der Waals surface area (Å²) in [5.74, 6) is 0.728. The molecule has 5 nitrogen and oxygen atoms in total. The standard InChI is InChI=1S/C15H21BrN2O3/c1-20-15(5-7-17-8-6-15)14(19)18-9-10-21-13-4-2-3-12(16)11-13/h2-4,11,17H,5-10H2,1H3,(H,18,19). The van der Waals surface area contributed by atoms with Crippen molar-refractivity contribution >= 4 is 21.8 Å². The highest BCUT2D eigenvalue weighted by Gasteiger charge is 2.39. The second-order valence-corrected chi connectivity index (χ2v) is 5.93. The molecule has 0 unspecified atom stereocenters. The number of ether oxygens (including phenoxy) is 2. The van der Waals surface area contributed by atoms with Crippen LogP contribution < -0.4 is 15.4 Å². The van der Waals surface area contributed by atoms with Gasteiger partial charge in [0.2, 0.25) is 0 Å². The smallest absolute Gasteiger partial charge is 0.252 e. The van der Waals surface area contributed by atoms with Gasteiger partial charge in [-0.25, -0.2) is 0 Å². The molecule has 2 N–H and O–H groups in total. The molecular weight excluding hydrogens is 336 g/mol. The molecule has 1 aromatic carbocycles. The molecule has 116 valence electrons. The number of carbonyl (C=O) groups is 1. The summed E-state index contributed by atoms with van der Waals surface area (Å²) >= 11 is 3.39. The number of piperidine rings is 1. The van der Waals surface area contributed by atoms with E-state index in [0.29, 0.717) is 26.0 Å². The van der Waals surface area contributed by atoms with E-state index in [1.807, 2.05) is 24.3 Å². The lowest BCUT2D eigenvalue weighted by atomic mass is 9.91. The van der Waals surface area contributed by atoms with Gasteiger partial charge in [-0.3, -0.25) is 4.79 Å². The Balaban J connectivity index is 1.76. The van der Waals surface area contributed by atoms with E-state index in [1.54, 1.807) is 7.11 Å². The first-order valence-electron chi connectivity index (χ1n) is 7.09. The molecule has 1 heterocycles. The fraction of sp³-hybridized carbons (Fsp3) is 0.533. The number of methoxy groups -OCH3 is 1. The van der Waals surface area contributed by atoms with Crippen LogP contribution in [0.1, 0.15) is 12.8 Å². The second-order valence-electron chi connectivity index (χ2n) is 5.01. The van der Waals surface area contributed by atoms with E-state index in [4.69, 9.17) is 9.47 Å². The van der Waals surface area contributed by atoms with Crippen LogP contribution in [0.15, 0.2) is 28.7 Å². The van der Waals surface area contributed by atoms with Crippen LogP contribution in [0.5, 0.6) is 5.75 Å². The zero-order valence-corrected chi connectivity index (χ0v) is 13.7. The van der Waals surface area contributed by atoms with Gasteiger partial charge in [0, 0.05) is 11.6 Å². The molecule has 1 fully saturated rings. The van der Waals surface area contributed by atoms with Crippen LogP contribution in [0.2, 0.25) is 0 Å². The Morgan fingerprint density at radius 1 is 1.43 bits per heavy atom. The summed E-state index contributed by atoms with van der Waals surface area (Å²) in [6.45, 7) is 2.50. The number of hydrogen-bond donors (Lipinski definition) is 2. The van der Waals surface area contributed by atoms with Crippen molar-refractivity contribution in [3.8, 4) is 5.75 Å². The van der Waals surface area contributed by atoms with E-state index in [1.165, 1.54) is 0 Å². The van der Waals surface area contributed by atoms with E-state index >= 15 is 0 Å². The van der Waals surface area contributed by atoms with Crippen LogP contribution in [0.4, 0.5) is 0 Å². The molecule has 0 saturated carbocycles. The molecule has 6 heteroatoms. The van der Waals surface area contributed by atoms with Gasteiger partial charge in [-0.2, -0.15) is 0 Å². The Morgan fingerprint density at radius 3 is 2.86 bits per heavy atom. The van der Waals surface area contributed by atoms with Gasteiger partial charge in [-0.15, -0.1) is 0 Å². The maximum absolute atomic E-state index is 12.3. The van der Waals surface area contributed by atoms with Crippen molar-refractivity contribution in [2.75, 3.05) is 33.4 Å². The van der Waals surface area contributed by atoms with Gasteiger partial charge in [-0.05, 0) is 44.1 Å². The average Bonchev–Trinajstić information content (AvgIpc) is 2.52. The third kappa shape index (κ3) is 4.43. The van der Waals surface area contributed by atoms with Crippen molar-refractivity contribution in [3.05, 3.63) is 28.7 Å². The van der Waals surface area contributed by atoms with Gasteiger partial charge in [0.15, 0.2) is 0 Å². The Labute approximate surface area is 133 Å². The summed E-state index contributed by atoms with van der Waals surface area (Å²) in [6.07, 6.45) is 1.39. The quantitative estimate of drug-likeness (QED) is 0.761. The molecule has 0 aromatic heterocycles. The summed E-state index contributed by atoms with van der Waals surface area (Å²) in [4.78, 5) is 12.3. The first kappa shape index (κ1) is 16.3. The molecule has 21 heavy (non-hydrogen) atoms. The minimum Gasteiger partial charge on any atom is -0.492 e. The van der Waals surface area contributed by atoms with Crippen LogP contribution in [-0.2, 0) is 9.53 Å². The van der Waals surface area contributed by atoms with Gasteiger partial charge in [0.25, 0.3) is 5.91 Å². The predicted molar refractivity (Wildman–Crippen MR) is 84.5 cm³/mol. The van der Waals surface area contributed by atoms with Crippen LogP contribution >= 0.6 is 15.9 Å². The third-order valence-electron chi connectivity index (χ3n) is 3.67. The first-order chi connectivity index (χ1) is 10.2. The van der Waals surface area contributed by atoms with Crippen molar-refractivity contribution in [1.29, 1.82) is 0 Å². The monoisotopic (exact) mass is 356 g/mol. The Morgan fingerprint density at radius 2 is 2.19 bits per heavy atom. The second kappa shape index (κ2) is 7.77. The summed E-state index contributed by atoms with van der Waals surface area (Å²) in [7, 11) is 1.60. The number of benzene rings is 1. The highest BCUT2D eigenvalue weighted by Crippen LogP contribution is 2.22. The number of rotatable bonds is 6. The van der Waals surface area contributed by atoms with Gasteiger partial charge in [-0.1, -0.05) is 22.0 Å². The Bertz CT molecular complexity index is 476. The fourth-order valence-electron chi connectivity index (χ4n) is 2.41. The molecular formula is C15H21BrN2O3. The Hall–Kier alpha value is -1.11. The highest BCUT2D eigenvalue weighted by atomic mass is 79.9. The van der Waals surface area contributed by atoms with Crippen molar-refractivity contribution in [2.45, 2.75) is 18.4 Å². The van der Waals surface area contributed by atoms with E-state index in [0.717, 1.165) is 23.3 Å². The molecule has 1 amide bonds. The van der Waals surface area contributed by atoms with Crippen LogP contribution in [0, 0.1) is 0 Å². The van der Waals surface area contributed by atoms with E-state index in [-0.39, 0.29) is 5.91 Å². The lowest BCUT2D eigenvalue weighted by molar-refractivity contribution is -0.146. The molecule has 0 spiro atoms. The molecule has 0 atom stereocenters. The van der Waals surface area contributed by atoms with Crippen molar-refractivity contribution in [2.24, 2.45) is 0 Å². The van der Waals surface area contributed by atoms with E-state index < -0.39 is 5.60 Å². The number of carbonyl (C=O) groups excluding carboxylic acids is 1. The highest BCUT2D eigenvalue weighted by molar-refractivity contribution is 9.10. The van der Waals surface area contributed by atoms with Crippen molar-refractivity contribution < 1.29 is 14.3 Å². The SMILES string of the molecule is COC1(C(=O)NCCOc2cccc(Br)c2)CCNCC1. The number of halogens is 1. The number of hydrogen-bond acceptors (Lipinski definition) is 4. The summed E-state index contributed by atoms with van der Waals surface area (Å²) in [5.41, 5.74) is -0.693. The predicted octanol–water partition coefficient (Wildman–Crippen LogP) is 1.71. The largest absolute Gasteiger partial charge is 0.492 e. The summed E-state index contributed by atoms with van der Waals surface area (Å²) in [6, 6.07) is 7.63. The van der Waals surface area contributed by atoms with Crippen LogP contribution in [0.25, 0.3) is 0 Å². The molecule has 0 radical (unpaired) electrons. The molecule has 0 bridgehead atoms. The molecule has 1 aliphatic heterocycles. The minimum atomic E-state index is -0.693. The number of nitrogens with one attached hydrogen (secondary N) is 2. The van der Waals surface area contributed by atoms with Gasteiger partial charge >= 0.3 is 0 Å². The third-order valence-corrected chi connectivity index (χ3v) is 4.16. The normalized spacial score (nSPS) is 17.2. The van der Waals surface area contributed by atoms with E-state index in [9.17, 15) is 4.79 Å². The maximum Gasteiger partial charge on any atom is 0.252 e. The van der Waals surface area contributed by atoms with Crippen LogP contribution in [-0.4, -0.2) is 44.9 Å². The number of amides is 1. The minimum absolute atomic E-state index is 0.0515. The molecule has 0 aliphatic carbocycles.